The van der Waals surface area contributed by atoms with Crippen molar-refractivity contribution in [2.24, 2.45) is 0 Å². The summed E-state index contributed by atoms with van der Waals surface area (Å²) in [4.78, 5) is 4.03. The summed E-state index contributed by atoms with van der Waals surface area (Å²) in [6, 6.07) is 4.14. The van der Waals surface area contributed by atoms with E-state index in [1.807, 2.05) is 12.4 Å². The highest BCUT2D eigenvalue weighted by molar-refractivity contribution is 5.25. The number of pyridine rings is 1. The summed E-state index contributed by atoms with van der Waals surface area (Å²) in [5.74, 6) is 1.55. The molecule has 1 aromatic rings. The van der Waals surface area contributed by atoms with Gasteiger partial charge in [0.05, 0.1) is 12.9 Å². The van der Waals surface area contributed by atoms with E-state index in [2.05, 4.69) is 23.2 Å². The molecular formula is C12H15NO. The van der Waals surface area contributed by atoms with Crippen LogP contribution in [0.1, 0.15) is 30.7 Å². The van der Waals surface area contributed by atoms with Crippen LogP contribution in [0.4, 0.5) is 0 Å². The smallest absolute Gasteiger partial charge is 0.0990 e. The minimum Gasteiger partial charge on any atom is -0.501 e. The molecule has 1 aliphatic rings. The molecule has 0 spiro atoms. The van der Waals surface area contributed by atoms with Crippen LogP contribution in [-0.4, -0.2) is 12.1 Å². The normalized spacial score (nSPS) is 21.5. The van der Waals surface area contributed by atoms with E-state index in [1.165, 1.54) is 18.4 Å². The molecule has 74 valence electrons. The molecule has 0 aliphatic heterocycles. The van der Waals surface area contributed by atoms with Gasteiger partial charge in [0.15, 0.2) is 0 Å². The van der Waals surface area contributed by atoms with Gasteiger partial charge in [-0.05, 0) is 43.0 Å². The van der Waals surface area contributed by atoms with Crippen molar-refractivity contribution < 1.29 is 4.74 Å². The monoisotopic (exact) mass is 189 g/mol. The van der Waals surface area contributed by atoms with Crippen LogP contribution in [0, 0.1) is 0 Å². The molecule has 0 saturated heterocycles. The molecule has 2 nitrogen and oxygen atoms in total. The van der Waals surface area contributed by atoms with Crippen molar-refractivity contribution in [3.05, 3.63) is 41.9 Å². The fourth-order valence-corrected chi connectivity index (χ4v) is 2.00. The fraction of sp³-hybridized carbons (Fsp3) is 0.417. The van der Waals surface area contributed by atoms with Gasteiger partial charge in [-0.15, -0.1) is 0 Å². The van der Waals surface area contributed by atoms with Gasteiger partial charge in [-0.3, -0.25) is 4.98 Å². The summed E-state index contributed by atoms with van der Waals surface area (Å²) in [6.07, 6.45) is 9.47. The lowest BCUT2D eigenvalue weighted by Gasteiger charge is -2.23. The van der Waals surface area contributed by atoms with Crippen LogP contribution in [0.5, 0.6) is 0 Å². The van der Waals surface area contributed by atoms with E-state index in [4.69, 9.17) is 4.74 Å². The van der Waals surface area contributed by atoms with Gasteiger partial charge in [-0.1, -0.05) is 0 Å². The van der Waals surface area contributed by atoms with Crippen molar-refractivity contribution in [1.82, 2.24) is 4.98 Å². The molecular weight excluding hydrogens is 174 g/mol. The molecule has 1 aliphatic carbocycles. The predicted molar refractivity (Wildman–Crippen MR) is 55.9 cm³/mol. The third kappa shape index (κ3) is 1.79. The minimum atomic E-state index is 0.441. The molecule has 1 unspecified atom stereocenters. The summed E-state index contributed by atoms with van der Waals surface area (Å²) in [7, 11) is 1.76. The summed E-state index contributed by atoms with van der Waals surface area (Å²) in [5, 5.41) is 0. The fourth-order valence-electron chi connectivity index (χ4n) is 2.00. The van der Waals surface area contributed by atoms with Gasteiger partial charge in [-0.25, -0.2) is 0 Å². The number of nitrogens with zero attached hydrogens (tertiary/aromatic N) is 1. The van der Waals surface area contributed by atoms with Gasteiger partial charge in [0, 0.05) is 18.3 Å². The first-order chi connectivity index (χ1) is 6.92. The number of rotatable bonds is 2. The highest BCUT2D eigenvalue weighted by Crippen LogP contribution is 2.33. The average Bonchev–Trinajstić information content (AvgIpc) is 2.30. The molecule has 0 radical (unpaired) electrons. The summed E-state index contributed by atoms with van der Waals surface area (Å²) in [6.45, 7) is 0. The lowest BCUT2D eigenvalue weighted by molar-refractivity contribution is 0.250. The summed E-state index contributed by atoms with van der Waals surface area (Å²) < 4.78 is 5.40. The molecule has 1 atom stereocenters. The van der Waals surface area contributed by atoms with Crippen molar-refractivity contribution in [2.45, 2.75) is 25.2 Å². The zero-order chi connectivity index (χ0) is 9.80. The van der Waals surface area contributed by atoms with Crippen LogP contribution in [0.15, 0.2) is 36.4 Å². The Bertz CT molecular complexity index is 318. The molecule has 0 aromatic carbocycles. The highest BCUT2D eigenvalue weighted by Gasteiger charge is 2.19. The molecule has 14 heavy (non-hydrogen) atoms. The standard InChI is InChI=1S/C12H15NO/c1-14-12-5-3-2-4-11(12)10-6-8-13-9-7-10/h5-9,11H,2-4H2,1H3. The van der Waals surface area contributed by atoms with Crippen LogP contribution in [0.2, 0.25) is 0 Å². The quantitative estimate of drug-likeness (QED) is 0.713. The van der Waals surface area contributed by atoms with Crippen LogP contribution >= 0.6 is 0 Å². The van der Waals surface area contributed by atoms with Crippen molar-refractivity contribution in [3.8, 4) is 0 Å². The molecule has 2 heteroatoms. The van der Waals surface area contributed by atoms with E-state index in [-0.39, 0.29) is 0 Å². The largest absolute Gasteiger partial charge is 0.501 e. The summed E-state index contributed by atoms with van der Waals surface area (Å²) in [5.41, 5.74) is 1.31. The first-order valence-electron chi connectivity index (χ1n) is 5.06. The number of hydrogen-bond acceptors (Lipinski definition) is 2. The molecule has 0 fully saturated rings. The highest BCUT2D eigenvalue weighted by atomic mass is 16.5. The third-order valence-electron chi connectivity index (χ3n) is 2.73. The first-order valence-corrected chi connectivity index (χ1v) is 5.06. The molecule has 0 N–H and O–H groups in total. The van der Waals surface area contributed by atoms with Gasteiger partial charge >= 0.3 is 0 Å². The Labute approximate surface area is 84.6 Å². The van der Waals surface area contributed by atoms with Crippen LogP contribution in [0.25, 0.3) is 0 Å². The van der Waals surface area contributed by atoms with E-state index in [9.17, 15) is 0 Å². The van der Waals surface area contributed by atoms with Gasteiger partial charge in [0.1, 0.15) is 0 Å². The van der Waals surface area contributed by atoms with E-state index in [1.54, 1.807) is 7.11 Å². The molecule has 1 heterocycles. The van der Waals surface area contributed by atoms with Gasteiger partial charge in [0.25, 0.3) is 0 Å². The van der Waals surface area contributed by atoms with Gasteiger partial charge in [0.2, 0.25) is 0 Å². The van der Waals surface area contributed by atoms with Gasteiger partial charge in [-0.2, -0.15) is 0 Å². The Kier molecular flexibility index (Phi) is 2.82. The molecule has 0 amide bonds. The molecule has 2 rings (SSSR count). The Morgan fingerprint density at radius 1 is 1.36 bits per heavy atom. The number of methoxy groups -OCH3 is 1. The maximum absolute atomic E-state index is 5.40. The Hall–Kier alpha value is -1.31. The molecule has 0 saturated carbocycles. The van der Waals surface area contributed by atoms with Crippen molar-refractivity contribution in [2.75, 3.05) is 7.11 Å². The Morgan fingerprint density at radius 2 is 2.14 bits per heavy atom. The number of ether oxygens (including phenoxy) is 1. The third-order valence-corrected chi connectivity index (χ3v) is 2.73. The Balaban J connectivity index is 2.25. The number of hydrogen-bond donors (Lipinski definition) is 0. The molecule has 1 aromatic heterocycles. The topological polar surface area (TPSA) is 22.1 Å². The van der Waals surface area contributed by atoms with Crippen molar-refractivity contribution >= 4 is 0 Å². The lowest BCUT2D eigenvalue weighted by atomic mass is 9.88. The van der Waals surface area contributed by atoms with E-state index in [0.717, 1.165) is 12.2 Å². The second-order valence-electron chi connectivity index (χ2n) is 3.57. The second kappa shape index (κ2) is 4.27. The van der Waals surface area contributed by atoms with E-state index in [0.29, 0.717) is 5.92 Å². The predicted octanol–water partition coefficient (Wildman–Crippen LogP) is 2.88. The van der Waals surface area contributed by atoms with E-state index >= 15 is 0 Å². The maximum atomic E-state index is 5.40. The van der Waals surface area contributed by atoms with Gasteiger partial charge < -0.3 is 4.74 Å². The van der Waals surface area contributed by atoms with Crippen molar-refractivity contribution in [1.29, 1.82) is 0 Å². The zero-order valence-electron chi connectivity index (χ0n) is 8.44. The number of allylic oxidation sites excluding steroid dienone is 2. The SMILES string of the molecule is COC1=CCCCC1c1ccncc1. The van der Waals surface area contributed by atoms with Crippen LogP contribution < -0.4 is 0 Å². The van der Waals surface area contributed by atoms with E-state index < -0.39 is 0 Å². The second-order valence-corrected chi connectivity index (χ2v) is 3.57. The van der Waals surface area contributed by atoms with Crippen LogP contribution in [-0.2, 0) is 4.74 Å². The first kappa shape index (κ1) is 9.25. The number of aromatic nitrogens is 1. The van der Waals surface area contributed by atoms with Crippen LogP contribution in [0.3, 0.4) is 0 Å². The minimum absolute atomic E-state index is 0.441. The zero-order valence-corrected chi connectivity index (χ0v) is 8.44. The average molecular weight is 189 g/mol. The van der Waals surface area contributed by atoms with Crippen molar-refractivity contribution in [3.63, 3.8) is 0 Å². The summed E-state index contributed by atoms with van der Waals surface area (Å²) >= 11 is 0. The Morgan fingerprint density at radius 3 is 2.86 bits per heavy atom. The lowest BCUT2D eigenvalue weighted by Crippen LogP contribution is -2.08. The molecule has 0 bridgehead atoms. The maximum Gasteiger partial charge on any atom is 0.0990 e.